The molecule has 0 atom stereocenters. The Morgan fingerprint density at radius 1 is 1.13 bits per heavy atom. The summed E-state index contributed by atoms with van der Waals surface area (Å²) in [7, 11) is 0. The Labute approximate surface area is 86.8 Å². The number of hydrogen-bond acceptors (Lipinski definition) is 3. The predicted octanol–water partition coefficient (Wildman–Crippen LogP) is -1.87. The van der Waals surface area contributed by atoms with E-state index in [1.807, 2.05) is 0 Å². The minimum Gasteiger partial charge on any atom is -0.368 e. The molecule has 1 aliphatic carbocycles. The van der Waals surface area contributed by atoms with E-state index >= 15 is 0 Å². The molecular formula is C8H14N4O3. The van der Waals surface area contributed by atoms with Crippen LogP contribution in [0.3, 0.4) is 0 Å². The first-order valence-electron chi connectivity index (χ1n) is 4.61. The summed E-state index contributed by atoms with van der Waals surface area (Å²) in [6.07, 6.45) is 1.85. The highest BCUT2D eigenvalue weighted by molar-refractivity contribution is 5.87. The number of nitrogens with zero attached hydrogens (tertiary/aromatic N) is 1. The summed E-state index contributed by atoms with van der Waals surface area (Å²) in [5.74, 6) is -1.36. The molecule has 0 aromatic heterocycles. The Kier molecular flexibility index (Phi) is 3.48. The molecule has 4 amide bonds. The second-order valence-corrected chi connectivity index (χ2v) is 3.51. The van der Waals surface area contributed by atoms with Gasteiger partial charge in [0, 0.05) is 6.04 Å². The lowest BCUT2D eigenvalue weighted by Crippen LogP contribution is -2.48. The van der Waals surface area contributed by atoms with Crippen molar-refractivity contribution in [3.05, 3.63) is 0 Å². The van der Waals surface area contributed by atoms with Crippen molar-refractivity contribution < 1.29 is 14.4 Å². The predicted molar refractivity (Wildman–Crippen MR) is 51.5 cm³/mol. The monoisotopic (exact) mass is 214 g/mol. The van der Waals surface area contributed by atoms with Gasteiger partial charge in [-0.05, 0) is 12.8 Å². The number of hydrogen-bond donors (Lipinski definition) is 3. The van der Waals surface area contributed by atoms with Crippen LogP contribution in [0.25, 0.3) is 0 Å². The van der Waals surface area contributed by atoms with Gasteiger partial charge in [-0.15, -0.1) is 0 Å². The number of primary amides is 2. The summed E-state index contributed by atoms with van der Waals surface area (Å²) in [6.45, 7) is -0.608. The summed E-state index contributed by atoms with van der Waals surface area (Å²) >= 11 is 0. The van der Waals surface area contributed by atoms with Crippen LogP contribution in [0.15, 0.2) is 0 Å². The molecule has 15 heavy (non-hydrogen) atoms. The summed E-state index contributed by atoms with van der Waals surface area (Å²) in [4.78, 5) is 33.8. The Morgan fingerprint density at radius 2 is 1.60 bits per heavy atom. The van der Waals surface area contributed by atoms with E-state index in [0.29, 0.717) is 0 Å². The summed E-state index contributed by atoms with van der Waals surface area (Å²) in [5.41, 5.74) is 9.88. The van der Waals surface area contributed by atoms with Gasteiger partial charge in [-0.3, -0.25) is 9.59 Å². The molecule has 84 valence electrons. The molecule has 0 aromatic carbocycles. The zero-order chi connectivity index (χ0) is 11.4. The minimum atomic E-state index is -0.679. The van der Waals surface area contributed by atoms with Crippen LogP contribution < -0.4 is 16.8 Å². The molecule has 1 aliphatic rings. The van der Waals surface area contributed by atoms with Crippen molar-refractivity contribution in [3.63, 3.8) is 0 Å². The maximum absolute atomic E-state index is 11.5. The fourth-order valence-electron chi connectivity index (χ4n) is 1.07. The van der Waals surface area contributed by atoms with Gasteiger partial charge in [0.15, 0.2) is 0 Å². The van der Waals surface area contributed by atoms with E-state index in [2.05, 4.69) is 5.32 Å². The second kappa shape index (κ2) is 4.63. The SMILES string of the molecule is NC(=O)CN(CC(N)=O)C(=O)NC1CC1. The Hall–Kier alpha value is -1.79. The van der Waals surface area contributed by atoms with Gasteiger partial charge in [0.05, 0.1) is 0 Å². The average Bonchev–Trinajstić information content (AvgIpc) is 2.85. The van der Waals surface area contributed by atoms with E-state index in [9.17, 15) is 14.4 Å². The standard InChI is InChI=1S/C8H14N4O3/c9-6(13)3-12(4-7(10)14)8(15)11-5-1-2-5/h5H,1-4H2,(H2,9,13)(H2,10,14)(H,11,15). The van der Waals surface area contributed by atoms with Gasteiger partial charge in [0.1, 0.15) is 13.1 Å². The highest BCUT2D eigenvalue weighted by Gasteiger charge is 2.26. The van der Waals surface area contributed by atoms with Crippen molar-refractivity contribution in [1.29, 1.82) is 0 Å². The third-order valence-corrected chi connectivity index (χ3v) is 1.89. The van der Waals surface area contributed by atoms with E-state index in [1.54, 1.807) is 0 Å². The molecule has 0 aliphatic heterocycles. The lowest BCUT2D eigenvalue weighted by atomic mass is 10.4. The van der Waals surface area contributed by atoms with Crippen molar-refractivity contribution in [2.24, 2.45) is 11.5 Å². The maximum Gasteiger partial charge on any atom is 0.318 e. The van der Waals surface area contributed by atoms with E-state index in [4.69, 9.17) is 11.5 Å². The van der Waals surface area contributed by atoms with Gasteiger partial charge in [-0.1, -0.05) is 0 Å². The number of rotatable bonds is 5. The van der Waals surface area contributed by atoms with E-state index in [-0.39, 0.29) is 19.1 Å². The van der Waals surface area contributed by atoms with Crippen LogP contribution in [0.5, 0.6) is 0 Å². The molecular weight excluding hydrogens is 200 g/mol. The van der Waals surface area contributed by atoms with Crippen LogP contribution >= 0.6 is 0 Å². The number of amides is 4. The number of nitrogens with two attached hydrogens (primary N) is 2. The molecule has 1 rings (SSSR count). The first-order valence-corrected chi connectivity index (χ1v) is 4.61. The summed E-state index contributed by atoms with van der Waals surface area (Å²) in [6, 6.07) is -0.323. The molecule has 0 spiro atoms. The van der Waals surface area contributed by atoms with Gasteiger partial charge in [0.2, 0.25) is 11.8 Å². The average molecular weight is 214 g/mol. The van der Waals surface area contributed by atoms with E-state index in [1.165, 1.54) is 0 Å². The Balaban J connectivity index is 2.48. The number of carbonyl (C=O) groups excluding carboxylic acids is 3. The third kappa shape index (κ3) is 4.30. The smallest absolute Gasteiger partial charge is 0.318 e. The lowest BCUT2D eigenvalue weighted by Gasteiger charge is -2.19. The molecule has 7 heteroatoms. The molecule has 0 aromatic rings. The van der Waals surface area contributed by atoms with Crippen LogP contribution in [0.4, 0.5) is 4.79 Å². The third-order valence-electron chi connectivity index (χ3n) is 1.89. The van der Waals surface area contributed by atoms with E-state index in [0.717, 1.165) is 17.7 Å². The number of urea groups is 1. The lowest BCUT2D eigenvalue weighted by molar-refractivity contribution is -0.120. The molecule has 7 nitrogen and oxygen atoms in total. The van der Waals surface area contributed by atoms with Crippen molar-refractivity contribution in [3.8, 4) is 0 Å². The van der Waals surface area contributed by atoms with Gasteiger partial charge in [-0.25, -0.2) is 4.79 Å². The number of carbonyl (C=O) groups is 3. The molecule has 0 bridgehead atoms. The minimum absolute atomic E-state index is 0.153. The fourth-order valence-corrected chi connectivity index (χ4v) is 1.07. The van der Waals surface area contributed by atoms with Crippen molar-refractivity contribution in [2.75, 3.05) is 13.1 Å². The van der Waals surface area contributed by atoms with Crippen LogP contribution in [-0.2, 0) is 9.59 Å². The highest BCUT2D eigenvalue weighted by atomic mass is 16.2. The maximum atomic E-state index is 11.5. The molecule has 0 heterocycles. The molecule has 1 fully saturated rings. The van der Waals surface area contributed by atoms with Crippen LogP contribution in [-0.4, -0.2) is 41.9 Å². The zero-order valence-corrected chi connectivity index (χ0v) is 8.23. The van der Waals surface area contributed by atoms with Crippen LogP contribution in [0.1, 0.15) is 12.8 Å². The normalized spacial score (nSPS) is 14.4. The van der Waals surface area contributed by atoms with Crippen molar-refractivity contribution in [2.45, 2.75) is 18.9 Å². The molecule has 0 saturated heterocycles. The number of nitrogens with one attached hydrogen (secondary N) is 1. The summed E-state index contributed by atoms with van der Waals surface area (Å²) < 4.78 is 0. The topological polar surface area (TPSA) is 119 Å². The Bertz CT molecular complexity index is 272. The van der Waals surface area contributed by atoms with Gasteiger partial charge in [-0.2, -0.15) is 0 Å². The van der Waals surface area contributed by atoms with E-state index < -0.39 is 17.8 Å². The van der Waals surface area contributed by atoms with Gasteiger partial charge in [0.25, 0.3) is 0 Å². The molecule has 1 saturated carbocycles. The van der Waals surface area contributed by atoms with Crippen LogP contribution in [0, 0.1) is 0 Å². The highest BCUT2D eigenvalue weighted by Crippen LogP contribution is 2.18. The van der Waals surface area contributed by atoms with Crippen LogP contribution in [0.2, 0.25) is 0 Å². The van der Waals surface area contributed by atoms with Crippen molar-refractivity contribution >= 4 is 17.8 Å². The van der Waals surface area contributed by atoms with Crippen molar-refractivity contribution in [1.82, 2.24) is 10.2 Å². The molecule has 0 unspecified atom stereocenters. The molecule has 5 N–H and O–H groups in total. The fraction of sp³-hybridized carbons (Fsp3) is 0.625. The first-order chi connectivity index (χ1) is 6.99. The van der Waals surface area contributed by atoms with Gasteiger partial charge < -0.3 is 21.7 Å². The quantitative estimate of drug-likeness (QED) is 0.497. The Morgan fingerprint density at radius 3 is 1.93 bits per heavy atom. The zero-order valence-electron chi connectivity index (χ0n) is 8.23. The molecule has 0 radical (unpaired) electrons. The van der Waals surface area contributed by atoms with Gasteiger partial charge >= 0.3 is 6.03 Å². The largest absolute Gasteiger partial charge is 0.368 e. The second-order valence-electron chi connectivity index (χ2n) is 3.51. The first kappa shape index (κ1) is 11.3. The summed E-state index contributed by atoms with van der Waals surface area (Å²) in [5, 5.41) is 2.64.